The summed E-state index contributed by atoms with van der Waals surface area (Å²) in [5, 5.41) is 3.48. The van der Waals surface area contributed by atoms with E-state index in [0.29, 0.717) is 6.04 Å². The number of nitrogens with zero attached hydrogens (tertiary/aromatic N) is 1. The molecule has 0 amide bonds. The third-order valence-electron chi connectivity index (χ3n) is 4.18. The van der Waals surface area contributed by atoms with E-state index in [1.807, 2.05) is 0 Å². The van der Waals surface area contributed by atoms with Gasteiger partial charge in [0, 0.05) is 24.8 Å². The summed E-state index contributed by atoms with van der Waals surface area (Å²) in [5.74, 6) is 0.821. The molecule has 2 rings (SSSR count). The summed E-state index contributed by atoms with van der Waals surface area (Å²) in [6.45, 7) is 12.4. The Labute approximate surface area is 118 Å². The number of aryl methyl sites for hydroxylation is 1. The highest BCUT2D eigenvalue weighted by Gasteiger charge is 2.26. The molecule has 1 N–H and O–H groups in total. The molecule has 0 bridgehead atoms. The molecule has 0 saturated carbocycles. The normalized spacial score (nSPS) is 23.1. The summed E-state index contributed by atoms with van der Waals surface area (Å²) in [7, 11) is 0. The van der Waals surface area contributed by atoms with Crippen molar-refractivity contribution in [2.24, 2.45) is 5.92 Å². The monoisotopic (exact) mass is 260 g/mol. The molecule has 0 aliphatic carbocycles. The molecule has 1 fully saturated rings. The molecular formula is C17H28N2. The predicted molar refractivity (Wildman–Crippen MR) is 83.8 cm³/mol. The van der Waals surface area contributed by atoms with Crippen LogP contribution in [0.3, 0.4) is 0 Å². The molecule has 1 heterocycles. The van der Waals surface area contributed by atoms with Gasteiger partial charge in [0.15, 0.2) is 0 Å². The van der Waals surface area contributed by atoms with E-state index in [1.165, 1.54) is 36.2 Å². The van der Waals surface area contributed by atoms with Crippen LogP contribution in [0.4, 0.5) is 5.69 Å². The fourth-order valence-electron chi connectivity index (χ4n) is 3.12. The zero-order chi connectivity index (χ0) is 13.8. The van der Waals surface area contributed by atoms with Gasteiger partial charge in [-0.3, -0.25) is 0 Å². The lowest BCUT2D eigenvalue weighted by molar-refractivity contribution is 0.625. The Morgan fingerprint density at radius 2 is 2.11 bits per heavy atom. The zero-order valence-electron chi connectivity index (χ0n) is 12.9. The van der Waals surface area contributed by atoms with E-state index in [-0.39, 0.29) is 0 Å². The number of anilines is 1. The fourth-order valence-corrected chi connectivity index (χ4v) is 3.12. The van der Waals surface area contributed by atoms with Gasteiger partial charge in [-0.05, 0) is 62.4 Å². The fraction of sp³-hybridized carbons (Fsp3) is 0.647. The first kappa shape index (κ1) is 14.4. The maximum Gasteiger partial charge on any atom is 0.0371 e. The molecule has 1 aliphatic heterocycles. The van der Waals surface area contributed by atoms with Gasteiger partial charge >= 0.3 is 0 Å². The SMILES string of the molecule is CCCNCc1ccc(N2CC(C)CC2C)cc1C. The first-order valence-corrected chi connectivity index (χ1v) is 7.68. The van der Waals surface area contributed by atoms with Crippen LogP contribution in [0.1, 0.15) is 44.7 Å². The standard InChI is InChI=1S/C17H28N2/c1-5-8-18-11-16-6-7-17(10-14(16)3)19-12-13(2)9-15(19)4/h6-7,10,13,15,18H,5,8-9,11-12H2,1-4H3. The van der Waals surface area contributed by atoms with E-state index >= 15 is 0 Å². The van der Waals surface area contributed by atoms with E-state index < -0.39 is 0 Å². The highest BCUT2D eigenvalue weighted by Crippen LogP contribution is 2.29. The Hall–Kier alpha value is -1.02. The molecule has 2 atom stereocenters. The van der Waals surface area contributed by atoms with Crippen LogP contribution >= 0.6 is 0 Å². The maximum atomic E-state index is 3.48. The van der Waals surface area contributed by atoms with E-state index in [1.54, 1.807) is 0 Å². The van der Waals surface area contributed by atoms with Gasteiger partial charge in [0.05, 0.1) is 0 Å². The van der Waals surface area contributed by atoms with Crippen molar-refractivity contribution >= 4 is 5.69 Å². The summed E-state index contributed by atoms with van der Waals surface area (Å²) in [4.78, 5) is 2.56. The molecule has 0 aromatic heterocycles. The Morgan fingerprint density at radius 1 is 1.32 bits per heavy atom. The van der Waals surface area contributed by atoms with Crippen LogP contribution in [-0.2, 0) is 6.54 Å². The highest BCUT2D eigenvalue weighted by atomic mass is 15.2. The molecular weight excluding hydrogens is 232 g/mol. The van der Waals surface area contributed by atoms with Crippen LogP contribution in [0.5, 0.6) is 0 Å². The molecule has 2 heteroatoms. The van der Waals surface area contributed by atoms with E-state index in [4.69, 9.17) is 0 Å². The van der Waals surface area contributed by atoms with Gasteiger partial charge < -0.3 is 10.2 Å². The molecule has 1 aromatic carbocycles. The maximum absolute atomic E-state index is 3.48. The predicted octanol–water partition coefficient (Wildman–Crippen LogP) is 3.73. The number of nitrogens with one attached hydrogen (secondary N) is 1. The average molecular weight is 260 g/mol. The van der Waals surface area contributed by atoms with Gasteiger partial charge in [0.25, 0.3) is 0 Å². The second-order valence-corrected chi connectivity index (χ2v) is 6.13. The van der Waals surface area contributed by atoms with Crippen molar-refractivity contribution < 1.29 is 0 Å². The smallest absolute Gasteiger partial charge is 0.0371 e. The largest absolute Gasteiger partial charge is 0.369 e. The van der Waals surface area contributed by atoms with Crippen LogP contribution in [0.25, 0.3) is 0 Å². The molecule has 19 heavy (non-hydrogen) atoms. The number of rotatable bonds is 5. The lowest BCUT2D eigenvalue weighted by Gasteiger charge is -2.25. The van der Waals surface area contributed by atoms with Crippen molar-refractivity contribution in [3.63, 3.8) is 0 Å². The average Bonchev–Trinajstić information content (AvgIpc) is 2.71. The van der Waals surface area contributed by atoms with Crippen LogP contribution in [-0.4, -0.2) is 19.1 Å². The number of benzene rings is 1. The molecule has 1 aromatic rings. The lowest BCUT2D eigenvalue weighted by atomic mass is 10.1. The van der Waals surface area contributed by atoms with Crippen molar-refractivity contribution in [2.45, 2.75) is 53.1 Å². The number of hydrogen-bond acceptors (Lipinski definition) is 2. The minimum absolute atomic E-state index is 0.679. The van der Waals surface area contributed by atoms with E-state index in [2.05, 4.69) is 56.1 Å². The van der Waals surface area contributed by atoms with Crippen molar-refractivity contribution in [1.29, 1.82) is 0 Å². The molecule has 106 valence electrons. The Balaban J connectivity index is 2.06. The molecule has 0 radical (unpaired) electrons. The van der Waals surface area contributed by atoms with Crippen molar-refractivity contribution in [3.8, 4) is 0 Å². The van der Waals surface area contributed by atoms with Gasteiger partial charge in [0.2, 0.25) is 0 Å². The van der Waals surface area contributed by atoms with Gasteiger partial charge in [-0.25, -0.2) is 0 Å². The van der Waals surface area contributed by atoms with Crippen molar-refractivity contribution in [3.05, 3.63) is 29.3 Å². The Morgan fingerprint density at radius 3 is 2.68 bits per heavy atom. The van der Waals surface area contributed by atoms with E-state index in [0.717, 1.165) is 19.0 Å². The molecule has 2 unspecified atom stereocenters. The zero-order valence-corrected chi connectivity index (χ0v) is 12.9. The minimum Gasteiger partial charge on any atom is -0.369 e. The van der Waals surface area contributed by atoms with Gasteiger partial charge in [0.1, 0.15) is 0 Å². The molecule has 1 saturated heterocycles. The van der Waals surface area contributed by atoms with Crippen molar-refractivity contribution in [1.82, 2.24) is 5.32 Å². The van der Waals surface area contributed by atoms with Crippen LogP contribution in [0, 0.1) is 12.8 Å². The second-order valence-electron chi connectivity index (χ2n) is 6.13. The molecule has 2 nitrogen and oxygen atoms in total. The van der Waals surface area contributed by atoms with E-state index in [9.17, 15) is 0 Å². The molecule has 1 aliphatic rings. The third kappa shape index (κ3) is 3.50. The van der Waals surface area contributed by atoms with Crippen LogP contribution in [0.2, 0.25) is 0 Å². The summed E-state index contributed by atoms with van der Waals surface area (Å²) in [5.41, 5.74) is 4.23. The summed E-state index contributed by atoms with van der Waals surface area (Å²) in [6.07, 6.45) is 2.51. The lowest BCUT2D eigenvalue weighted by Crippen LogP contribution is -2.26. The minimum atomic E-state index is 0.679. The number of hydrogen-bond donors (Lipinski definition) is 1. The van der Waals surface area contributed by atoms with Gasteiger partial charge in [-0.1, -0.05) is 19.9 Å². The van der Waals surface area contributed by atoms with Crippen LogP contribution < -0.4 is 10.2 Å². The first-order chi connectivity index (χ1) is 9.11. The second kappa shape index (κ2) is 6.42. The topological polar surface area (TPSA) is 15.3 Å². The van der Waals surface area contributed by atoms with Gasteiger partial charge in [-0.2, -0.15) is 0 Å². The molecule has 0 spiro atoms. The van der Waals surface area contributed by atoms with Crippen molar-refractivity contribution in [2.75, 3.05) is 18.0 Å². The highest BCUT2D eigenvalue weighted by molar-refractivity contribution is 5.52. The third-order valence-corrected chi connectivity index (χ3v) is 4.18. The quantitative estimate of drug-likeness (QED) is 0.812. The summed E-state index contributed by atoms with van der Waals surface area (Å²) in [6, 6.07) is 7.63. The summed E-state index contributed by atoms with van der Waals surface area (Å²) >= 11 is 0. The summed E-state index contributed by atoms with van der Waals surface area (Å²) < 4.78 is 0. The Kier molecular flexibility index (Phi) is 4.87. The van der Waals surface area contributed by atoms with Crippen LogP contribution in [0.15, 0.2) is 18.2 Å². The first-order valence-electron chi connectivity index (χ1n) is 7.68. The Bertz CT molecular complexity index is 414. The van der Waals surface area contributed by atoms with Gasteiger partial charge in [-0.15, -0.1) is 0 Å².